The van der Waals surface area contributed by atoms with Crippen LogP contribution in [0, 0.1) is 0 Å². The van der Waals surface area contributed by atoms with Crippen molar-refractivity contribution in [1.29, 1.82) is 0 Å². The molecule has 0 aromatic carbocycles. The summed E-state index contributed by atoms with van der Waals surface area (Å²) in [6.07, 6.45) is 46.6. The smallest absolute Gasteiger partial charge is 0.306 e. The van der Waals surface area contributed by atoms with Gasteiger partial charge in [0.15, 0.2) is 0 Å². The lowest BCUT2D eigenvalue weighted by molar-refractivity contribution is -0.150. The number of hydrogen-bond donors (Lipinski definition) is 1. The van der Waals surface area contributed by atoms with Gasteiger partial charge < -0.3 is 9.84 Å². The maximum atomic E-state index is 12.6. The van der Waals surface area contributed by atoms with Gasteiger partial charge in [-0.25, -0.2) is 0 Å². The molecule has 272 valence electrons. The Morgan fingerprint density at radius 3 is 1.20 bits per heavy atom. The van der Waals surface area contributed by atoms with E-state index in [9.17, 15) is 9.59 Å². The Morgan fingerprint density at radius 1 is 0.457 bits per heavy atom. The van der Waals surface area contributed by atoms with E-state index >= 15 is 0 Å². The largest absolute Gasteiger partial charge is 0.481 e. The molecule has 0 amide bonds. The molecule has 0 heterocycles. The van der Waals surface area contributed by atoms with E-state index < -0.39 is 5.97 Å². The van der Waals surface area contributed by atoms with Crippen LogP contribution in [0.3, 0.4) is 0 Å². The van der Waals surface area contributed by atoms with Gasteiger partial charge in [-0.3, -0.25) is 9.59 Å². The summed E-state index contributed by atoms with van der Waals surface area (Å²) in [5.74, 6) is -0.794. The molecular formula is C42H80O4. The van der Waals surface area contributed by atoms with Crippen LogP contribution in [0.2, 0.25) is 0 Å². The van der Waals surface area contributed by atoms with Crippen LogP contribution < -0.4 is 0 Å². The molecule has 0 aliphatic rings. The van der Waals surface area contributed by atoms with E-state index in [0.29, 0.717) is 12.8 Å². The van der Waals surface area contributed by atoms with Gasteiger partial charge >= 0.3 is 11.9 Å². The molecule has 0 bridgehead atoms. The molecule has 1 N–H and O–H groups in total. The molecular weight excluding hydrogens is 568 g/mol. The highest BCUT2D eigenvalue weighted by Gasteiger charge is 2.14. The summed E-state index contributed by atoms with van der Waals surface area (Å²) in [5.41, 5.74) is 0. The SMILES string of the molecule is CCCCCCCC/C=C\CCCCCCCCCC(=O)OC(CCCCCCCCCCCCCCCC)CCCCC(=O)O. The van der Waals surface area contributed by atoms with Gasteiger partial charge in [-0.2, -0.15) is 0 Å². The number of unbranched alkanes of at least 4 members (excludes halogenated alkanes) is 27. The van der Waals surface area contributed by atoms with Gasteiger partial charge in [0.2, 0.25) is 0 Å². The fraction of sp³-hybridized carbons (Fsp3) is 0.905. The highest BCUT2D eigenvalue weighted by molar-refractivity contribution is 5.69. The zero-order valence-corrected chi connectivity index (χ0v) is 31.2. The van der Waals surface area contributed by atoms with Crippen LogP contribution in [-0.4, -0.2) is 23.1 Å². The van der Waals surface area contributed by atoms with Crippen LogP contribution in [0.5, 0.6) is 0 Å². The molecule has 4 heteroatoms. The van der Waals surface area contributed by atoms with Crippen LogP contribution in [0.25, 0.3) is 0 Å². The number of ether oxygens (including phenoxy) is 1. The Labute approximate surface area is 287 Å². The normalized spacial score (nSPS) is 12.2. The molecule has 0 aliphatic carbocycles. The number of carboxylic acids is 1. The quantitative estimate of drug-likeness (QED) is 0.0411. The molecule has 0 rings (SSSR count). The molecule has 1 atom stereocenters. The van der Waals surface area contributed by atoms with Crippen molar-refractivity contribution in [2.45, 2.75) is 245 Å². The lowest BCUT2D eigenvalue weighted by Gasteiger charge is -2.18. The van der Waals surface area contributed by atoms with Crippen LogP contribution in [0.4, 0.5) is 0 Å². The van der Waals surface area contributed by atoms with E-state index in [0.717, 1.165) is 38.5 Å². The summed E-state index contributed by atoms with van der Waals surface area (Å²) in [4.78, 5) is 23.5. The van der Waals surface area contributed by atoms with Gasteiger partial charge in [-0.15, -0.1) is 0 Å². The van der Waals surface area contributed by atoms with Crippen molar-refractivity contribution in [3.8, 4) is 0 Å². The second kappa shape index (κ2) is 38.1. The Kier molecular flexibility index (Phi) is 37.0. The third-order valence-corrected chi connectivity index (χ3v) is 9.49. The third kappa shape index (κ3) is 37.1. The topological polar surface area (TPSA) is 63.6 Å². The molecule has 4 nitrogen and oxygen atoms in total. The first-order valence-electron chi connectivity index (χ1n) is 20.7. The number of aliphatic carboxylic acids is 1. The number of rotatable bonds is 38. The highest BCUT2D eigenvalue weighted by Crippen LogP contribution is 2.19. The van der Waals surface area contributed by atoms with E-state index in [1.165, 1.54) is 167 Å². The number of carbonyl (C=O) groups excluding carboxylic acids is 1. The van der Waals surface area contributed by atoms with Crippen LogP contribution in [0.1, 0.15) is 239 Å². The van der Waals surface area contributed by atoms with Crippen molar-refractivity contribution >= 4 is 11.9 Å². The summed E-state index contributed by atoms with van der Waals surface area (Å²) in [7, 11) is 0. The Hall–Kier alpha value is -1.32. The van der Waals surface area contributed by atoms with Crippen molar-refractivity contribution in [3.05, 3.63) is 12.2 Å². The first kappa shape index (κ1) is 44.7. The van der Waals surface area contributed by atoms with Gasteiger partial charge in [0, 0.05) is 12.8 Å². The predicted molar refractivity (Wildman–Crippen MR) is 200 cm³/mol. The summed E-state index contributed by atoms with van der Waals surface area (Å²) < 4.78 is 5.91. The summed E-state index contributed by atoms with van der Waals surface area (Å²) in [6.45, 7) is 4.55. The van der Waals surface area contributed by atoms with Crippen LogP contribution in [0.15, 0.2) is 12.2 Å². The lowest BCUT2D eigenvalue weighted by Crippen LogP contribution is -2.18. The number of allylic oxidation sites excluding steroid dienone is 2. The number of hydrogen-bond acceptors (Lipinski definition) is 3. The first-order valence-corrected chi connectivity index (χ1v) is 20.7. The summed E-state index contributed by atoms with van der Waals surface area (Å²) >= 11 is 0. The Balaban J connectivity index is 3.84. The number of esters is 1. The van der Waals surface area contributed by atoms with E-state index in [-0.39, 0.29) is 18.5 Å². The van der Waals surface area contributed by atoms with Crippen molar-refractivity contribution in [2.24, 2.45) is 0 Å². The number of carboxylic acid groups (broad SMARTS) is 1. The van der Waals surface area contributed by atoms with Gasteiger partial charge in [-0.1, -0.05) is 174 Å². The summed E-state index contributed by atoms with van der Waals surface area (Å²) in [5, 5.41) is 8.96. The summed E-state index contributed by atoms with van der Waals surface area (Å²) in [6, 6.07) is 0. The minimum atomic E-state index is -0.740. The van der Waals surface area contributed by atoms with E-state index in [1.54, 1.807) is 0 Å². The molecule has 0 spiro atoms. The fourth-order valence-electron chi connectivity index (χ4n) is 6.42. The first-order chi connectivity index (χ1) is 22.6. The second-order valence-electron chi connectivity index (χ2n) is 14.2. The van der Waals surface area contributed by atoms with Crippen LogP contribution in [-0.2, 0) is 14.3 Å². The van der Waals surface area contributed by atoms with Crippen molar-refractivity contribution < 1.29 is 19.4 Å². The molecule has 0 aromatic rings. The third-order valence-electron chi connectivity index (χ3n) is 9.49. The maximum Gasteiger partial charge on any atom is 0.306 e. The molecule has 1 unspecified atom stereocenters. The Bertz CT molecular complexity index is 658. The monoisotopic (exact) mass is 649 g/mol. The zero-order valence-electron chi connectivity index (χ0n) is 31.2. The van der Waals surface area contributed by atoms with E-state index in [2.05, 4.69) is 26.0 Å². The fourth-order valence-corrected chi connectivity index (χ4v) is 6.42. The molecule has 46 heavy (non-hydrogen) atoms. The molecule has 0 saturated heterocycles. The van der Waals surface area contributed by atoms with Gasteiger partial charge in [0.25, 0.3) is 0 Å². The predicted octanol–water partition coefficient (Wildman–Crippen LogP) is 14.2. The standard InChI is InChI=1S/C42H80O4/c1-3-5-7-9-11-13-15-17-19-20-21-23-25-27-29-31-33-39-42(45)46-40(37-34-35-38-41(43)44)36-32-30-28-26-24-22-18-16-14-12-10-8-6-4-2/h17,19,40H,3-16,18,20-39H2,1-2H3,(H,43,44)/b19-17-. The molecule has 0 radical (unpaired) electrons. The molecule has 0 aliphatic heterocycles. The minimum Gasteiger partial charge on any atom is -0.481 e. The van der Waals surface area contributed by atoms with Crippen molar-refractivity contribution in [1.82, 2.24) is 0 Å². The van der Waals surface area contributed by atoms with Crippen molar-refractivity contribution in [2.75, 3.05) is 0 Å². The zero-order chi connectivity index (χ0) is 33.6. The minimum absolute atomic E-state index is 0.0431. The van der Waals surface area contributed by atoms with E-state index in [1.807, 2.05) is 0 Å². The molecule has 0 fully saturated rings. The lowest BCUT2D eigenvalue weighted by atomic mass is 10.0. The average molecular weight is 649 g/mol. The van der Waals surface area contributed by atoms with E-state index in [4.69, 9.17) is 9.84 Å². The van der Waals surface area contributed by atoms with Gasteiger partial charge in [-0.05, 0) is 64.2 Å². The number of carbonyl (C=O) groups is 2. The molecule has 0 saturated carbocycles. The highest BCUT2D eigenvalue weighted by atomic mass is 16.5. The Morgan fingerprint density at radius 2 is 0.783 bits per heavy atom. The average Bonchev–Trinajstić information content (AvgIpc) is 3.04. The van der Waals surface area contributed by atoms with Crippen molar-refractivity contribution in [3.63, 3.8) is 0 Å². The van der Waals surface area contributed by atoms with Gasteiger partial charge in [0.1, 0.15) is 6.10 Å². The van der Waals surface area contributed by atoms with Crippen LogP contribution >= 0.6 is 0 Å². The second-order valence-corrected chi connectivity index (χ2v) is 14.2. The van der Waals surface area contributed by atoms with Gasteiger partial charge in [0.05, 0.1) is 0 Å². The molecule has 0 aromatic heterocycles. The maximum absolute atomic E-state index is 12.6.